The average molecular weight is 605 g/mol. The van der Waals surface area contributed by atoms with Crippen molar-refractivity contribution in [3.63, 3.8) is 0 Å². The lowest BCUT2D eigenvalue weighted by molar-refractivity contribution is -0.123. The molecule has 2 aromatic carbocycles. The fraction of sp³-hybridized carbons (Fsp3) is 0.514. The van der Waals surface area contributed by atoms with Crippen LogP contribution in [0, 0.1) is 5.92 Å². The maximum absolute atomic E-state index is 13.6. The Kier molecular flexibility index (Phi) is 10.3. The Morgan fingerprint density at radius 3 is 2.50 bits per heavy atom. The fourth-order valence-electron chi connectivity index (χ4n) is 6.82. The van der Waals surface area contributed by atoms with E-state index in [1.54, 1.807) is 44.4 Å². The molecule has 9 nitrogen and oxygen atoms in total. The summed E-state index contributed by atoms with van der Waals surface area (Å²) in [6.45, 7) is 4.71. The van der Waals surface area contributed by atoms with Crippen LogP contribution in [0.5, 0.6) is 17.2 Å². The number of phenols is 2. The number of nitrogens with zero attached hydrogens (tertiary/aromatic N) is 1. The minimum atomic E-state index is -0.749. The van der Waals surface area contributed by atoms with Gasteiger partial charge >= 0.3 is 5.97 Å². The van der Waals surface area contributed by atoms with Gasteiger partial charge in [-0.15, -0.1) is 0 Å². The van der Waals surface area contributed by atoms with Gasteiger partial charge in [-0.1, -0.05) is 24.3 Å². The van der Waals surface area contributed by atoms with Gasteiger partial charge in [-0.2, -0.15) is 0 Å². The molecule has 3 unspecified atom stereocenters. The standard InChI is InChI=1S/C35H44N2O7/c1-22-7-6-10-26(38)9-5-3-4-8-25-19-30(39)33(34(41)32(25)35(42)44-22)28(23-11-13-27(43-2)14-12-23)20-31(40)36-29-21-37-17-15-24(29)16-18-37/h4,8,11-14,19,22,24,28-29,39,41H,3,5-7,9-10,15-18,20-21H2,1-2H3,(H,36,40). The van der Waals surface area contributed by atoms with Crippen molar-refractivity contribution in [1.82, 2.24) is 10.2 Å². The van der Waals surface area contributed by atoms with Gasteiger partial charge in [0.1, 0.15) is 28.6 Å². The Hall–Kier alpha value is -3.85. The van der Waals surface area contributed by atoms with Gasteiger partial charge in [-0.3, -0.25) is 9.59 Å². The molecule has 0 aliphatic carbocycles. The monoisotopic (exact) mass is 604 g/mol. The van der Waals surface area contributed by atoms with Crippen molar-refractivity contribution in [3.8, 4) is 17.2 Å². The Balaban J connectivity index is 1.51. The molecule has 1 amide bonds. The van der Waals surface area contributed by atoms with Gasteiger partial charge in [0, 0.05) is 43.3 Å². The number of rotatable bonds is 6. The van der Waals surface area contributed by atoms with Crippen molar-refractivity contribution in [2.24, 2.45) is 5.92 Å². The van der Waals surface area contributed by atoms with Crippen molar-refractivity contribution in [1.29, 1.82) is 0 Å². The van der Waals surface area contributed by atoms with Gasteiger partial charge in [0.05, 0.1) is 13.2 Å². The molecule has 3 atom stereocenters. The van der Waals surface area contributed by atoms with Gasteiger partial charge < -0.3 is 29.9 Å². The smallest absolute Gasteiger partial charge is 0.342 e. The normalized spacial score (nSPS) is 25.0. The number of amides is 1. The summed E-state index contributed by atoms with van der Waals surface area (Å²) in [5.74, 6) is -1.01. The molecule has 4 heterocycles. The summed E-state index contributed by atoms with van der Waals surface area (Å²) in [5, 5.41) is 26.4. The number of carbonyl (C=O) groups is 3. The van der Waals surface area contributed by atoms with Gasteiger partial charge in [-0.25, -0.2) is 4.79 Å². The number of ketones is 1. The van der Waals surface area contributed by atoms with Crippen molar-refractivity contribution < 1.29 is 34.1 Å². The van der Waals surface area contributed by atoms with E-state index in [4.69, 9.17) is 9.47 Å². The first-order valence-electron chi connectivity index (χ1n) is 15.9. The van der Waals surface area contributed by atoms with Crippen molar-refractivity contribution in [2.75, 3.05) is 26.7 Å². The second-order valence-corrected chi connectivity index (χ2v) is 12.4. The highest BCUT2D eigenvalue weighted by Gasteiger charge is 2.36. The van der Waals surface area contributed by atoms with Crippen molar-refractivity contribution in [2.45, 2.75) is 82.8 Å². The number of fused-ring (bicyclic) bond motifs is 4. The second kappa shape index (κ2) is 14.3. The van der Waals surface area contributed by atoms with Gasteiger partial charge in [-0.05, 0) is 93.8 Å². The van der Waals surface area contributed by atoms with Crippen LogP contribution in [0.4, 0.5) is 0 Å². The number of hydrogen-bond donors (Lipinski definition) is 3. The van der Waals surface area contributed by atoms with E-state index in [1.165, 1.54) is 6.07 Å². The molecular weight excluding hydrogens is 560 g/mol. The summed E-state index contributed by atoms with van der Waals surface area (Å²) in [4.78, 5) is 41.7. The van der Waals surface area contributed by atoms with Crippen LogP contribution in [-0.2, 0) is 14.3 Å². The summed E-state index contributed by atoms with van der Waals surface area (Å²) in [6.07, 6.45) is 8.43. The van der Waals surface area contributed by atoms with E-state index in [0.717, 1.165) is 32.5 Å². The number of piperidine rings is 3. The first-order chi connectivity index (χ1) is 21.2. The molecule has 236 valence electrons. The number of phenolic OH excluding ortho intramolecular Hbond substituents is 2. The molecule has 4 aliphatic heterocycles. The number of nitrogens with one attached hydrogen (secondary N) is 1. The first kappa shape index (κ1) is 31.6. The highest BCUT2D eigenvalue weighted by Crippen LogP contribution is 2.44. The molecule has 3 saturated heterocycles. The molecule has 0 saturated carbocycles. The van der Waals surface area contributed by atoms with E-state index >= 15 is 0 Å². The molecule has 9 heteroatoms. The van der Waals surface area contributed by atoms with E-state index in [1.807, 2.05) is 6.08 Å². The van der Waals surface area contributed by atoms with E-state index in [0.29, 0.717) is 61.3 Å². The third kappa shape index (κ3) is 7.44. The molecule has 0 radical (unpaired) electrons. The van der Waals surface area contributed by atoms with Crippen LogP contribution in [0.25, 0.3) is 6.08 Å². The average Bonchev–Trinajstić information content (AvgIpc) is 3.00. The van der Waals surface area contributed by atoms with Crippen molar-refractivity contribution in [3.05, 3.63) is 58.7 Å². The number of carbonyl (C=O) groups excluding carboxylic acids is 3. The molecule has 2 bridgehead atoms. The lowest BCUT2D eigenvalue weighted by Gasteiger charge is -2.45. The number of hydrogen-bond acceptors (Lipinski definition) is 8. The summed E-state index contributed by atoms with van der Waals surface area (Å²) in [6, 6.07) is 8.65. The number of benzene rings is 2. The van der Waals surface area contributed by atoms with Gasteiger partial charge in [0.25, 0.3) is 0 Å². The van der Waals surface area contributed by atoms with Crippen molar-refractivity contribution >= 4 is 23.7 Å². The molecule has 4 aliphatic rings. The number of methoxy groups -OCH3 is 1. The SMILES string of the molecule is COc1ccc(C(CC(=O)NC2CN3CCC2CC3)c2c(O)cc3c(c2O)C(=O)OC(C)CCCC(=O)CCCC=C3)cc1. The Bertz CT molecular complexity index is 1380. The van der Waals surface area contributed by atoms with E-state index in [-0.39, 0.29) is 41.0 Å². The molecule has 3 N–H and O–H groups in total. The van der Waals surface area contributed by atoms with Crippen LogP contribution in [0.2, 0.25) is 0 Å². The van der Waals surface area contributed by atoms with E-state index < -0.39 is 23.7 Å². The summed E-state index contributed by atoms with van der Waals surface area (Å²) in [5.41, 5.74) is 1.05. The highest BCUT2D eigenvalue weighted by molar-refractivity contribution is 5.98. The maximum Gasteiger partial charge on any atom is 0.342 e. The zero-order valence-electron chi connectivity index (χ0n) is 25.7. The molecule has 0 aromatic heterocycles. The summed E-state index contributed by atoms with van der Waals surface area (Å²) < 4.78 is 11.1. The van der Waals surface area contributed by atoms with E-state index in [2.05, 4.69) is 10.2 Å². The second-order valence-electron chi connectivity index (χ2n) is 12.4. The minimum absolute atomic E-state index is 0.0369. The number of cyclic esters (lactones) is 1. The van der Waals surface area contributed by atoms with Crippen LogP contribution in [0.3, 0.4) is 0 Å². The quantitative estimate of drug-likeness (QED) is 0.379. The number of allylic oxidation sites excluding steroid dienone is 1. The van der Waals surface area contributed by atoms with E-state index in [9.17, 15) is 24.6 Å². The lowest BCUT2D eigenvalue weighted by atomic mass is 9.82. The number of esters is 1. The van der Waals surface area contributed by atoms with Crippen LogP contribution < -0.4 is 10.1 Å². The zero-order valence-corrected chi connectivity index (χ0v) is 25.7. The lowest BCUT2D eigenvalue weighted by Crippen LogP contribution is -2.57. The molecule has 6 rings (SSSR count). The molecule has 0 spiro atoms. The minimum Gasteiger partial charge on any atom is -0.507 e. The Morgan fingerprint density at radius 2 is 1.82 bits per heavy atom. The number of ether oxygens (including phenoxy) is 2. The van der Waals surface area contributed by atoms with Crippen LogP contribution >= 0.6 is 0 Å². The zero-order chi connectivity index (χ0) is 31.2. The fourth-order valence-corrected chi connectivity index (χ4v) is 6.82. The van der Waals surface area contributed by atoms with Crippen LogP contribution in [-0.4, -0.2) is 71.7 Å². The molecule has 3 fully saturated rings. The summed E-state index contributed by atoms with van der Waals surface area (Å²) in [7, 11) is 1.57. The van der Waals surface area contributed by atoms with Crippen LogP contribution in [0.15, 0.2) is 36.4 Å². The predicted octanol–water partition coefficient (Wildman–Crippen LogP) is 5.32. The number of Topliss-reactive ketones (excluding diaryl/α,β-unsaturated/α-hetero) is 1. The third-order valence-corrected chi connectivity index (χ3v) is 9.31. The topological polar surface area (TPSA) is 125 Å². The van der Waals surface area contributed by atoms with Crippen LogP contribution in [0.1, 0.15) is 97.7 Å². The predicted molar refractivity (Wildman–Crippen MR) is 167 cm³/mol. The summed E-state index contributed by atoms with van der Waals surface area (Å²) >= 11 is 0. The molecule has 2 aromatic rings. The highest BCUT2D eigenvalue weighted by atomic mass is 16.5. The molecule has 44 heavy (non-hydrogen) atoms. The molecular formula is C35H44N2O7. The van der Waals surface area contributed by atoms with Gasteiger partial charge in [0.15, 0.2) is 0 Å². The largest absolute Gasteiger partial charge is 0.507 e. The van der Waals surface area contributed by atoms with Gasteiger partial charge in [0.2, 0.25) is 5.91 Å². The third-order valence-electron chi connectivity index (χ3n) is 9.31. The Labute approximate surface area is 259 Å². The first-order valence-corrected chi connectivity index (χ1v) is 15.9. The Morgan fingerprint density at radius 1 is 1.09 bits per heavy atom. The maximum atomic E-state index is 13.6. The number of aromatic hydroxyl groups is 2.